The zero-order chi connectivity index (χ0) is 17.4. The van der Waals surface area contributed by atoms with E-state index in [9.17, 15) is 9.59 Å². The Morgan fingerprint density at radius 2 is 2.21 bits per heavy atom. The number of aromatic nitrogens is 1. The number of unbranched alkanes of at least 4 members (excludes halogenated alkanes) is 1. The minimum absolute atomic E-state index is 0.0170. The average Bonchev–Trinajstić information content (AvgIpc) is 2.61. The van der Waals surface area contributed by atoms with Gasteiger partial charge in [-0.3, -0.25) is 9.59 Å². The molecule has 0 aliphatic carbocycles. The second kappa shape index (κ2) is 9.25. The fourth-order valence-electron chi connectivity index (χ4n) is 3.00. The fraction of sp³-hybridized carbons (Fsp3) is 0.611. The Bertz CT molecular complexity index is 562. The summed E-state index contributed by atoms with van der Waals surface area (Å²) >= 11 is 0. The number of carbonyl (C=O) groups is 2. The van der Waals surface area contributed by atoms with E-state index >= 15 is 0 Å². The summed E-state index contributed by atoms with van der Waals surface area (Å²) in [6.45, 7) is 6.14. The average molecular weight is 332 g/mol. The molecule has 1 aromatic heterocycles. The molecule has 0 saturated carbocycles. The van der Waals surface area contributed by atoms with E-state index in [0.717, 1.165) is 43.7 Å². The molecular formula is C18H28N4O2. The standard InChI is InChI=1S/C18H28N4O2/c1-3-5-10-16(23)21-15-9-6-11-20-17(15)22-12-7-8-14(13-22)18(24)19-4-2/h6,9,11,14H,3-5,7-8,10,12-13H2,1-2H3,(H,19,24)(H,21,23). The van der Waals surface area contributed by atoms with Crippen LogP contribution >= 0.6 is 0 Å². The van der Waals surface area contributed by atoms with E-state index in [1.807, 2.05) is 19.1 Å². The molecule has 0 aromatic carbocycles. The Kier molecular flexibility index (Phi) is 7.03. The van der Waals surface area contributed by atoms with Gasteiger partial charge in [-0.1, -0.05) is 13.3 Å². The molecule has 1 aliphatic rings. The monoisotopic (exact) mass is 332 g/mol. The highest BCUT2D eigenvalue weighted by atomic mass is 16.2. The molecule has 0 spiro atoms. The lowest BCUT2D eigenvalue weighted by molar-refractivity contribution is -0.125. The molecule has 2 rings (SSSR count). The van der Waals surface area contributed by atoms with Gasteiger partial charge in [-0.25, -0.2) is 4.98 Å². The molecule has 2 heterocycles. The van der Waals surface area contributed by atoms with Crippen LogP contribution in [0.15, 0.2) is 18.3 Å². The SMILES string of the molecule is CCCCC(=O)Nc1cccnc1N1CCCC(C(=O)NCC)C1. The largest absolute Gasteiger partial charge is 0.356 e. The van der Waals surface area contributed by atoms with Crippen LogP contribution in [-0.2, 0) is 9.59 Å². The molecule has 1 fully saturated rings. The van der Waals surface area contributed by atoms with Crippen LogP contribution in [-0.4, -0.2) is 36.4 Å². The molecule has 1 atom stereocenters. The van der Waals surface area contributed by atoms with Crippen molar-refractivity contribution >= 4 is 23.3 Å². The van der Waals surface area contributed by atoms with Gasteiger partial charge in [0.05, 0.1) is 11.6 Å². The van der Waals surface area contributed by atoms with Crippen molar-refractivity contribution in [2.24, 2.45) is 5.92 Å². The molecule has 2 N–H and O–H groups in total. The molecule has 6 heteroatoms. The third-order valence-electron chi connectivity index (χ3n) is 4.26. The number of nitrogens with one attached hydrogen (secondary N) is 2. The van der Waals surface area contributed by atoms with E-state index in [1.165, 1.54) is 0 Å². The smallest absolute Gasteiger partial charge is 0.224 e. The number of amides is 2. The first-order chi connectivity index (χ1) is 11.7. The number of nitrogens with zero attached hydrogens (tertiary/aromatic N) is 2. The summed E-state index contributed by atoms with van der Waals surface area (Å²) in [5.41, 5.74) is 0.732. The van der Waals surface area contributed by atoms with Crippen molar-refractivity contribution in [3.8, 4) is 0 Å². The molecule has 1 aliphatic heterocycles. The van der Waals surface area contributed by atoms with Crippen LogP contribution in [0.4, 0.5) is 11.5 Å². The van der Waals surface area contributed by atoms with E-state index < -0.39 is 0 Å². The maximum atomic E-state index is 12.1. The van der Waals surface area contributed by atoms with Crippen LogP contribution in [0.2, 0.25) is 0 Å². The lowest BCUT2D eigenvalue weighted by atomic mass is 9.97. The van der Waals surface area contributed by atoms with E-state index in [1.54, 1.807) is 6.20 Å². The number of carbonyl (C=O) groups excluding carboxylic acids is 2. The summed E-state index contributed by atoms with van der Waals surface area (Å²) in [6, 6.07) is 3.70. The van der Waals surface area contributed by atoms with Crippen LogP contribution in [0, 0.1) is 5.92 Å². The van der Waals surface area contributed by atoms with Gasteiger partial charge in [-0.2, -0.15) is 0 Å². The van der Waals surface area contributed by atoms with Crippen LogP contribution in [0.25, 0.3) is 0 Å². The summed E-state index contributed by atoms with van der Waals surface area (Å²) < 4.78 is 0. The zero-order valence-corrected chi connectivity index (χ0v) is 14.7. The molecule has 132 valence electrons. The molecule has 2 amide bonds. The van der Waals surface area contributed by atoms with Crippen molar-refractivity contribution in [2.45, 2.75) is 46.0 Å². The first-order valence-electron chi connectivity index (χ1n) is 8.93. The number of hydrogen-bond donors (Lipinski definition) is 2. The Morgan fingerprint density at radius 1 is 1.38 bits per heavy atom. The second-order valence-electron chi connectivity index (χ2n) is 6.21. The Balaban J connectivity index is 2.07. The van der Waals surface area contributed by atoms with Crippen molar-refractivity contribution in [2.75, 3.05) is 29.9 Å². The van der Waals surface area contributed by atoms with Crippen molar-refractivity contribution in [1.82, 2.24) is 10.3 Å². The van der Waals surface area contributed by atoms with Crippen LogP contribution in [0.5, 0.6) is 0 Å². The Morgan fingerprint density at radius 3 is 2.96 bits per heavy atom. The molecule has 0 radical (unpaired) electrons. The van der Waals surface area contributed by atoms with Gasteiger partial charge in [0, 0.05) is 32.3 Å². The van der Waals surface area contributed by atoms with Crippen LogP contribution in [0.3, 0.4) is 0 Å². The van der Waals surface area contributed by atoms with Gasteiger partial charge in [0.25, 0.3) is 0 Å². The quantitative estimate of drug-likeness (QED) is 0.805. The normalized spacial score (nSPS) is 17.4. The van der Waals surface area contributed by atoms with Crippen molar-refractivity contribution in [1.29, 1.82) is 0 Å². The first kappa shape index (κ1) is 18.2. The number of rotatable bonds is 7. The molecule has 1 unspecified atom stereocenters. The molecular weight excluding hydrogens is 304 g/mol. The Hall–Kier alpha value is -2.11. The predicted octanol–water partition coefficient (Wildman–Crippen LogP) is 2.56. The first-order valence-corrected chi connectivity index (χ1v) is 8.93. The predicted molar refractivity (Wildman–Crippen MR) is 96.0 cm³/mol. The lowest BCUT2D eigenvalue weighted by Gasteiger charge is -2.33. The number of pyridine rings is 1. The molecule has 24 heavy (non-hydrogen) atoms. The van der Waals surface area contributed by atoms with Crippen molar-refractivity contribution < 1.29 is 9.59 Å². The van der Waals surface area contributed by atoms with Gasteiger partial charge >= 0.3 is 0 Å². The maximum Gasteiger partial charge on any atom is 0.224 e. The van der Waals surface area contributed by atoms with E-state index in [0.29, 0.717) is 19.5 Å². The summed E-state index contributed by atoms with van der Waals surface area (Å²) in [5.74, 6) is 0.857. The summed E-state index contributed by atoms with van der Waals surface area (Å²) in [4.78, 5) is 30.7. The maximum absolute atomic E-state index is 12.1. The van der Waals surface area contributed by atoms with Crippen LogP contribution in [0.1, 0.15) is 46.0 Å². The van der Waals surface area contributed by atoms with Gasteiger partial charge in [0.1, 0.15) is 0 Å². The minimum Gasteiger partial charge on any atom is -0.356 e. The van der Waals surface area contributed by atoms with Crippen molar-refractivity contribution in [3.05, 3.63) is 18.3 Å². The summed E-state index contributed by atoms with van der Waals surface area (Å²) in [5, 5.41) is 5.87. The zero-order valence-electron chi connectivity index (χ0n) is 14.7. The van der Waals surface area contributed by atoms with E-state index in [2.05, 4.69) is 27.4 Å². The highest BCUT2D eigenvalue weighted by Crippen LogP contribution is 2.28. The van der Waals surface area contributed by atoms with Gasteiger partial charge in [-0.15, -0.1) is 0 Å². The molecule has 1 aromatic rings. The lowest BCUT2D eigenvalue weighted by Crippen LogP contribution is -2.43. The second-order valence-corrected chi connectivity index (χ2v) is 6.21. The minimum atomic E-state index is -0.0238. The Labute approximate surface area is 144 Å². The van der Waals surface area contributed by atoms with E-state index in [-0.39, 0.29) is 17.7 Å². The van der Waals surface area contributed by atoms with Gasteiger partial charge < -0.3 is 15.5 Å². The molecule has 0 bridgehead atoms. The molecule has 6 nitrogen and oxygen atoms in total. The van der Waals surface area contributed by atoms with Gasteiger partial charge in [-0.05, 0) is 38.3 Å². The van der Waals surface area contributed by atoms with Crippen LogP contribution < -0.4 is 15.5 Å². The van der Waals surface area contributed by atoms with E-state index in [4.69, 9.17) is 0 Å². The van der Waals surface area contributed by atoms with Gasteiger partial charge in [0.15, 0.2) is 5.82 Å². The summed E-state index contributed by atoms with van der Waals surface area (Å²) in [7, 11) is 0. The number of anilines is 2. The van der Waals surface area contributed by atoms with Gasteiger partial charge in [0.2, 0.25) is 11.8 Å². The third kappa shape index (κ3) is 4.94. The fourth-order valence-corrected chi connectivity index (χ4v) is 3.00. The highest BCUT2D eigenvalue weighted by molar-refractivity contribution is 5.93. The number of hydrogen-bond acceptors (Lipinski definition) is 4. The molecule has 1 saturated heterocycles. The van der Waals surface area contributed by atoms with Crippen molar-refractivity contribution in [3.63, 3.8) is 0 Å². The highest BCUT2D eigenvalue weighted by Gasteiger charge is 2.27. The topological polar surface area (TPSA) is 74.3 Å². The number of piperidine rings is 1. The third-order valence-corrected chi connectivity index (χ3v) is 4.26. The summed E-state index contributed by atoms with van der Waals surface area (Å²) in [6.07, 6.45) is 5.96.